The third-order valence-electron chi connectivity index (χ3n) is 3.48. The van der Waals surface area contributed by atoms with Crippen molar-refractivity contribution >= 4 is 17.3 Å². The van der Waals surface area contributed by atoms with Crippen molar-refractivity contribution in [2.45, 2.75) is 19.3 Å². The zero-order valence-corrected chi connectivity index (χ0v) is 14.9. The van der Waals surface area contributed by atoms with Crippen LogP contribution >= 0.6 is 0 Å². The van der Waals surface area contributed by atoms with Crippen LogP contribution in [-0.2, 0) is 4.79 Å². The fourth-order valence-electron chi connectivity index (χ4n) is 2.20. The van der Waals surface area contributed by atoms with Crippen molar-refractivity contribution in [1.82, 2.24) is 0 Å². The first-order valence-corrected chi connectivity index (χ1v) is 7.86. The molecule has 0 saturated heterocycles. The summed E-state index contributed by atoms with van der Waals surface area (Å²) in [6.45, 7) is 1.64. The summed E-state index contributed by atoms with van der Waals surface area (Å²) in [6, 6.07) is 9.35. The quantitative estimate of drug-likeness (QED) is 0.754. The first-order valence-electron chi connectivity index (χ1n) is 7.86. The number of amides is 1. The fraction of sp³-hybridized carbons (Fsp3) is 0.278. The van der Waals surface area contributed by atoms with E-state index in [1.807, 2.05) is 0 Å². The van der Waals surface area contributed by atoms with E-state index >= 15 is 0 Å². The first-order chi connectivity index (χ1) is 12.7. The van der Waals surface area contributed by atoms with Gasteiger partial charge in [-0.3, -0.25) is 4.79 Å². The Kier molecular flexibility index (Phi) is 6.38. The summed E-state index contributed by atoms with van der Waals surface area (Å²) in [4.78, 5) is 12.3. The van der Waals surface area contributed by atoms with Crippen molar-refractivity contribution in [3.63, 3.8) is 0 Å². The number of nitrogens with one attached hydrogen (secondary N) is 2. The molecule has 146 valence electrons. The summed E-state index contributed by atoms with van der Waals surface area (Å²) in [5, 5.41) is 5.62. The summed E-state index contributed by atoms with van der Waals surface area (Å²) in [6.07, 6.45) is -4.76. The minimum absolute atomic E-state index is 0.339. The summed E-state index contributed by atoms with van der Waals surface area (Å²) >= 11 is 0. The van der Waals surface area contributed by atoms with E-state index in [0.29, 0.717) is 22.9 Å². The Balaban J connectivity index is 1.99. The zero-order valence-electron chi connectivity index (χ0n) is 14.9. The Morgan fingerprint density at radius 2 is 1.48 bits per heavy atom. The molecule has 27 heavy (non-hydrogen) atoms. The molecule has 0 bridgehead atoms. The van der Waals surface area contributed by atoms with Crippen molar-refractivity contribution in [3.05, 3.63) is 42.5 Å². The fourth-order valence-corrected chi connectivity index (χ4v) is 2.20. The van der Waals surface area contributed by atoms with Crippen LogP contribution < -0.4 is 24.8 Å². The van der Waals surface area contributed by atoms with E-state index in [1.165, 1.54) is 26.4 Å². The van der Waals surface area contributed by atoms with Crippen LogP contribution in [0, 0.1) is 0 Å². The average Bonchev–Trinajstić information content (AvgIpc) is 2.61. The number of halogens is 3. The standard InChI is InChI=1S/C18H19F3N2O4/c1-11(22-13-8-15(25-2)10-16(9-13)26-3)17(24)23-12-4-6-14(7-5-12)27-18(19,20)21/h4-11,22H,1-3H3,(H,23,24). The van der Waals surface area contributed by atoms with Gasteiger partial charge in [0.2, 0.25) is 5.91 Å². The molecule has 0 aliphatic rings. The van der Waals surface area contributed by atoms with Gasteiger partial charge in [0, 0.05) is 29.6 Å². The molecule has 0 fully saturated rings. The van der Waals surface area contributed by atoms with Crippen molar-refractivity contribution in [2.75, 3.05) is 24.9 Å². The molecule has 0 heterocycles. The van der Waals surface area contributed by atoms with E-state index in [9.17, 15) is 18.0 Å². The highest BCUT2D eigenvalue weighted by Crippen LogP contribution is 2.27. The van der Waals surface area contributed by atoms with Crippen LogP contribution in [0.15, 0.2) is 42.5 Å². The normalized spacial score (nSPS) is 12.1. The number of hydrogen-bond donors (Lipinski definition) is 2. The van der Waals surface area contributed by atoms with Crippen LogP contribution in [0.3, 0.4) is 0 Å². The van der Waals surface area contributed by atoms with Crippen LogP contribution in [0.5, 0.6) is 17.2 Å². The van der Waals surface area contributed by atoms with Crippen LogP contribution in [0.25, 0.3) is 0 Å². The van der Waals surface area contributed by atoms with Gasteiger partial charge in [-0.1, -0.05) is 0 Å². The highest BCUT2D eigenvalue weighted by atomic mass is 19.4. The summed E-state index contributed by atoms with van der Waals surface area (Å²) in [7, 11) is 3.03. The summed E-state index contributed by atoms with van der Waals surface area (Å²) in [5.41, 5.74) is 0.953. The second kappa shape index (κ2) is 8.52. The molecule has 2 aromatic rings. The largest absolute Gasteiger partial charge is 0.573 e. The van der Waals surface area contributed by atoms with Crippen molar-refractivity contribution < 1.29 is 32.2 Å². The minimum atomic E-state index is -4.76. The highest BCUT2D eigenvalue weighted by Gasteiger charge is 2.31. The van der Waals surface area contributed by atoms with Gasteiger partial charge >= 0.3 is 6.36 Å². The van der Waals surface area contributed by atoms with Gasteiger partial charge in [-0.15, -0.1) is 13.2 Å². The highest BCUT2D eigenvalue weighted by molar-refractivity contribution is 5.96. The number of benzene rings is 2. The van der Waals surface area contributed by atoms with E-state index < -0.39 is 12.4 Å². The zero-order chi connectivity index (χ0) is 20.0. The maximum Gasteiger partial charge on any atom is 0.573 e. The molecule has 0 aliphatic carbocycles. The van der Waals surface area contributed by atoms with Gasteiger partial charge in [0.25, 0.3) is 0 Å². The molecule has 1 unspecified atom stereocenters. The predicted molar refractivity (Wildman–Crippen MR) is 94.4 cm³/mol. The van der Waals surface area contributed by atoms with Gasteiger partial charge in [0.1, 0.15) is 23.3 Å². The molecule has 0 radical (unpaired) electrons. The van der Waals surface area contributed by atoms with Gasteiger partial charge in [-0.05, 0) is 31.2 Å². The molecule has 9 heteroatoms. The van der Waals surface area contributed by atoms with E-state index in [0.717, 1.165) is 12.1 Å². The lowest BCUT2D eigenvalue weighted by atomic mass is 10.2. The lowest BCUT2D eigenvalue weighted by molar-refractivity contribution is -0.274. The van der Waals surface area contributed by atoms with E-state index in [-0.39, 0.29) is 11.7 Å². The number of alkyl halides is 3. The van der Waals surface area contributed by atoms with Crippen LogP contribution in [0.1, 0.15) is 6.92 Å². The molecule has 0 spiro atoms. The molecule has 0 saturated carbocycles. The number of ether oxygens (including phenoxy) is 3. The molecule has 1 atom stereocenters. The van der Waals surface area contributed by atoms with E-state index in [2.05, 4.69) is 15.4 Å². The number of carbonyl (C=O) groups is 1. The number of hydrogen-bond acceptors (Lipinski definition) is 5. The SMILES string of the molecule is COc1cc(NC(C)C(=O)Nc2ccc(OC(F)(F)F)cc2)cc(OC)c1. The average molecular weight is 384 g/mol. The third-order valence-corrected chi connectivity index (χ3v) is 3.48. The molecular formula is C18H19F3N2O4. The maximum atomic E-state index is 12.3. The van der Waals surface area contributed by atoms with Gasteiger partial charge in [-0.2, -0.15) is 0 Å². The Morgan fingerprint density at radius 1 is 0.926 bits per heavy atom. The monoisotopic (exact) mass is 384 g/mol. The van der Waals surface area contributed by atoms with Crippen LogP contribution in [0.4, 0.5) is 24.5 Å². The molecule has 2 N–H and O–H groups in total. The Hall–Kier alpha value is -3.10. The topological polar surface area (TPSA) is 68.8 Å². The maximum absolute atomic E-state index is 12.3. The molecule has 0 aromatic heterocycles. The van der Waals surface area contributed by atoms with E-state index in [1.54, 1.807) is 25.1 Å². The van der Waals surface area contributed by atoms with E-state index in [4.69, 9.17) is 9.47 Å². The first kappa shape index (κ1) is 20.2. The second-order valence-corrected chi connectivity index (χ2v) is 5.53. The van der Waals surface area contributed by atoms with Crippen molar-refractivity contribution in [3.8, 4) is 17.2 Å². The Bertz CT molecular complexity index is 757. The molecule has 2 rings (SSSR count). The number of carbonyl (C=O) groups excluding carboxylic acids is 1. The summed E-state index contributed by atoms with van der Waals surface area (Å²) < 4.78 is 50.6. The molecule has 2 aromatic carbocycles. The smallest absolute Gasteiger partial charge is 0.497 e. The number of methoxy groups -OCH3 is 2. The predicted octanol–water partition coefficient (Wildman–Crippen LogP) is 4.04. The number of anilines is 2. The molecular weight excluding hydrogens is 365 g/mol. The van der Waals surface area contributed by atoms with Gasteiger partial charge in [-0.25, -0.2) is 0 Å². The molecule has 1 amide bonds. The Labute approximate surface area is 154 Å². The minimum Gasteiger partial charge on any atom is -0.497 e. The molecule has 6 nitrogen and oxygen atoms in total. The van der Waals surface area contributed by atoms with Gasteiger partial charge < -0.3 is 24.8 Å². The van der Waals surface area contributed by atoms with Gasteiger partial charge in [0.15, 0.2) is 0 Å². The lowest BCUT2D eigenvalue weighted by Gasteiger charge is -2.17. The molecule has 0 aliphatic heterocycles. The van der Waals surface area contributed by atoms with Crippen LogP contribution in [0.2, 0.25) is 0 Å². The van der Waals surface area contributed by atoms with Crippen molar-refractivity contribution in [1.29, 1.82) is 0 Å². The third kappa shape index (κ3) is 6.28. The summed E-state index contributed by atoms with van der Waals surface area (Å²) in [5.74, 6) is 0.380. The van der Waals surface area contributed by atoms with Crippen LogP contribution in [-0.4, -0.2) is 32.5 Å². The Morgan fingerprint density at radius 3 is 1.96 bits per heavy atom. The van der Waals surface area contributed by atoms with Crippen molar-refractivity contribution in [2.24, 2.45) is 0 Å². The van der Waals surface area contributed by atoms with Gasteiger partial charge in [0.05, 0.1) is 14.2 Å². The second-order valence-electron chi connectivity index (χ2n) is 5.53. The lowest BCUT2D eigenvalue weighted by Crippen LogP contribution is -2.31. The number of rotatable bonds is 7.